The number of aromatic hydroxyl groups is 2. The van der Waals surface area contributed by atoms with Crippen molar-refractivity contribution in [1.29, 1.82) is 0 Å². The average molecular weight is 826 g/mol. The van der Waals surface area contributed by atoms with Gasteiger partial charge in [-0.2, -0.15) is 0 Å². The number of nitrogens with zero attached hydrogens (tertiary/aromatic N) is 1. The van der Waals surface area contributed by atoms with Gasteiger partial charge in [-0.15, -0.1) is 0 Å². The lowest BCUT2D eigenvalue weighted by molar-refractivity contribution is -0.371. The van der Waals surface area contributed by atoms with Crippen molar-refractivity contribution in [3.05, 3.63) is 57.6 Å². The van der Waals surface area contributed by atoms with Crippen molar-refractivity contribution in [3.8, 4) is 11.5 Å². The Hall–Kier alpha value is -3.88. The number of aliphatic hydroxyl groups is 2. The third kappa shape index (κ3) is 6.61. The molecule has 4 N–H and O–H groups in total. The minimum absolute atomic E-state index is 0.0561. The number of hydrogen-bond donors (Lipinski definition) is 4. The maximum Gasteiger partial charge on any atom is 0.345 e. The Labute approximate surface area is 340 Å². The van der Waals surface area contributed by atoms with Crippen LogP contribution in [-0.2, 0) is 53.1 Å². The van der Waals surface area contributed by atoms with Crippen molar-refractivity contribution in [2.45, 2.75) is 145 Å². The Balaban J connectivity index is 1.08. The van der Waals surface area contributed by atoms with Crippen LogP contribution in [0.3, 0.4) is 0 Å². The molecule has 6 aliphatic rings. The average Bonchev–Trinajstić information content (AvgIpc) is 3.19. The van der Waals surface area contributed by atoms with Gasteiger partial charge in [0.2, 0.25) is 11.4 Å². The molecule has 0 saturated carbocycles. The van der Waals surface area contributed by atoms with E-state index in [9.17, 15) is 39.6 Å². The summed E-state index contributed by atoms with van der Waals surface area (Å²) in [5, 5.41) is 47.0. The van der Waals surface area contributed by atoms with Crippen LogP contribution in [0.5, 0.6) is 11.5 Å². The number of phenolic OH excluding ortho intramolecular Hbond substituents is 2. The third-order valence-electron chi connectivity index (χ3n) is 13.0. The van der Waals surface area contributed by atoms with E-state index in [-0.39, 0.29) is 58.9 Å². The number of benzene rings is 2. The maximum absolute atomic E-state index is 14.0. The highest BCUT2D eigenvalue weighted by atomic mass is 16.8. The zero-order valence-electron chi connectivity index (χ0n) is 33.9. The molecule has 8 rings (SSSR count). The number of hydrogen-bond acceptors (Lipinski definition) is 17. The van der Waals surface area contributed by atoms with E-state index in [1.165, 1.54) is 18.2 Å². The summed E-state index contributed by atoms with van der Waals surface area (Å²) >= 11 is 0. The van der Waals surface area contributed by atoms with Crippen molar-refractivity contribution in [2.75, 3.05) is 21.2 Å². The number of rotatable bonds is 7. The Bertz CT molecular complexity index is 2060. The summed E-state index contributed by atoms with van der Waals surface area (Å²) in [4.78, 5) is 55.7. The van der Waals surface area contributed by atoms with Gasteiger partial charge in [-0.25, -0.2) is 4.79 Å². The summed E-state index contributed by atoms with van der Waals surface area (Å²) in [6.07, 6.45) is -7.31. The quantitative estimate of drug-likeness (QED) is 0.251. The first-order chi connectivity index (χ1) is 27.9. The zero-order valence-corrected chi connectivity index (χ0v) is 33.9. The van der Waals surface area contributed by atoms with Crippen LogP contribution in [0.15, 0.2) is 24.3 Å². The number of esters is 1. The Morgan fingerprint density at radius 3 is 2.29 bits per heavy atom. The molecule has 59 heavy (non-hydrogen) atoms. The molecule has 4 aliphatic heterocycles. The van der Waals surface area contributed by atoms with Gasteiger partial charge in [-0.3, -0.25) is 14.4 Å². The van der Waals surface area contributed by atoms with E-state index < -0.39 is 120 Å². The molecule has 0 aromatic heterocycles. The lowest BCUT2D eigenvalue weighted by Gasteiger charge is -2.51. The van der Waals surface area contributed by atoms with E-state index in [0.29, 0.717) is 6.42 Å². The monoisotopic (exact) mass is 825 g/mol. The molecule has 4 fully saturated rings. The van der Waals surface area contributed by atoms with Gasteiger partial charge in [0.15, 0.2) is 30.4 Å². The van der Waals surface area contributed by atoms with Gasteiger partial charge in [-0.05, 0) is 53.4 Å². The van der Waals surface area contributed by atoms with E-state index in [2.05, 4.69) is 0 Å². The first-order valence-electron chi connectivity index (χ1n) is 20.0. The topological polar surface area (TPSA) is 226 Å². The van der Waals surface area contributed by atoms with Crippen LogP contribution >= 0.6 is 0 Å². The fraction of sp³-hybridized carbons (Fsp3) is 0.619. The highest BCUT2D eigenvalue weighted by molar-refractivity contribution is 6.30. The van der Waals surface area contributed by atoms with E-state index in [0.717, 1.165) is 13.2 Å². The van der Waals surface area contributed by atoms with Gasteiger partial charge in [-0.1, -0.05) is 19.1 Å². The highest BCUT2D eigenvalue weighted by Crippen LogP contribution is 2.56. The molecular weight excluding hydrogens is 774 g/mol. The van der Waals surface area contributed by atoms with Gasteiger partial charge in [0.25, 0.3) is 0 Å². The molecule has 0 bridgehead atoms. The normalized spacial score (nSPS) is 39.1. The number of carbonyl (C=O) groups excluding carboxylic acids is 4. The number of ether oxygens (including phenoxy) is 8. The van der Waals surface area contributed by atoms with Gasteiger partial charge >= 0.3 is 5.97 Å². The van der Waals surface area contributed by atoms with Crippen molar-refractivity contribution < 1.29 is 77.5 Å². The lowest BCUT2D eigenvalue weighted by Crippen LogP contribution is -2.63. The molecular formula is C42H51NO16. The molecule has 0 radical (unpaired) electrons. The second-order valence-electron chi connectivity index (χ2n) is 16.7. The maximum atomic E-state index is 14.0. The molecule has 2 aromatic carbocycles. The summed E-state index contributed by atoms with van der Waals surface area (Å²) in [6, 6.07) is 4.73. The molecule has 4 saturated heterocycles. The van der Waals surface area contributed by atoms with E-state index in [1.54, 1.807) is 20.8 Å². The summed E-state index contributed by atoms with van der Waals surface area (Å²) in [5.74, 6) is -4.15. The standard InChI is InChI=1S/C42H51NO16/c1-8-41(50)16-28(33-22(42(41,51)40(49)52-7)12-21-32(36(33)48)35(47)31-20(34(21)46)10-9-11-24(31)44)57-29-13-23(43(5)6)37(18(3)53-29)58-30-15-26-38(19(4)54-30)59-39-27(56-26)14-25(45)17(2)55-39/h9-12,17-19,23,26-30,37-39,44,48,50-51H,8,13-16H2,1-7H3/t17-,18-,19-,23-,26-,27+,28-,29-,30+,37+,38+,39-,41+,42-/m0/s1. The van der Waals surface area contributed by atoms with Crippen LogP contribution in [0.25, 0.3) is 0 Å². The van der Waals surface area contributed by atoms with E-state index in [1.807, 2.05) is 25.9 Å². The third-order valence-corrected chi connectivity index (χ3v) is 13.0. The Morgan fingerprint density at radius 2 is 1.59 bits per heavy atom. The van der Waals surface area contributed by atoms with Gasteiger partial charge in [0.1, 0.15) is 41.5 Å². The van der Waals surface area contributed by atoms with Crippen LogP contribution in [0, 0.1) is 0 Å². The van der Waals surface area contributed by atoms with Crippen molar-refractivity contribution in [3.63, 3.8) is 0 Å². The number of Topliss-reactive ketones (excluding diaryl/α,β-unsaturated/α-hetero) is 1. The van der Waals surface area contributed by atoms with Crippen LogP contribution in [-0.4, -0.2) is 143 Å². The number of fused-ring (bicyclic) bond motifs is 5. The van der Waals surface area contributed by atoms with E-state index in [4.69, 9.17) is 37.9 Å². The first-order valence-corrected chi connectivity index (χ1v) is 20.0. The molecule has 2 aliphatic carbocycles. The second kappa shape index (κ2) is 15.2. The van der Waals surface area contributed by atoms with Crippen LogP contribution in [0.1, 0.15) is 109 Å². The predicted molar refractivity (Wildman–Crippen MR) is 200 cm³/mol. The molecule has 14 atom stereocenters. The van der Waals surface area contributed by atoms with Gasteiger partial charge in [0.05, 0.1) is 42.7 Å². The van der Waals surface area contributed by atoms with Gasteiger partial charge in [0, 0.05) is 54.0 Å². The highest BCUT2D eigenvalue weighted by Gasteiger charge is 2.63. The molecule has 320 valence electrons. The Morgan fingerprint density at radius 1 is 0.881 bits per heavy atom. The number of likely N-dealkylation sites (N-methyl/N-ethyl adjacent to an activating group) is 1. The number of phenols is 2. The number of carbonyl (C=O) groups is 4. The molecule has 4 heterocycles. The number of methoxy groups -OCH3 is 1. The van der Waals surface area contributed by atoms with Crippen molar-refractivity contribution >= 4 is 23.3 Å². The summed E-state index contributed by atoms with van der Waals surface area (Å²) in [7, 11) is 4.76. The van der Waals surface area contributed by atoms with E-state index >= 15 is 0 Å². The van der Waals surface area contributed by atoms with Crippen LogP contribution < -0.4 is 0 Å². The fourth-order valence-electron chi connectivity index (χ4n) is 9.75. The molecule has 0 unspecified atom stereocenters. The van der Waals surface area contributed by atoms with Crippen molar-refractivity contribution in [2.24, 2.45) is 0 Å². The zero-order chi connectivity index (χ0) is 42.5. The fourth-order valence-corrected chi connectivity index (χ4v) is 9.75. The molecule has 17 nitrogen and oxygen atoms in total. The molecule has 0 spiro atoms. The molecule has 17 heteroatoms. The predicted octanol–water partition coefficient (Wildman–Crippen LogP) is 2.28. The molecule has 0 amide bonds. The first kappa shape index (κ1) is 41.8. The summed E-state index contributed by atoms with van der Waals surface area (Å²) < 4.78 is 49.3. The number of ketones is 3. The van der Waals surface area contributed by atoms with Crippen LogP contribution in [0.4, 0.5) is 0 Å². The largest absolute Gasteiger partial charge is 0.507 e. The van der Waals surface area contributed by atoms with Gasteiger partial charge < -0.3 is 63.2 Å². The van der Waals surface area contributed by atoms with Crippen LogP contribution in [0.2, 0.25) is 0 Å². The SMILES string of the molecule is CC[C@@]1(O)C[C@H](O[C@H]2C[C@H](N(C)C)[C@H](O[C@@H]3C[C@@H]4O[C@@H]5CC(=O)[C@H](C)O[C@H]5O[C@@H]4[C@H](C)O3)[C@H](C)O2)c2c(cc3c(c2O)C(=O)c2c(O)cccc2C3=O)[C@]1(O)C(=O)OC. The summed E-state index contributed by atoms with van der Waals surface area (Å²) in [5.41, 5.74) is -6.90. The molecule has 2 aromatic rings. The lowest BCUT2D eigenvalue weighted by atomic mass is 9.64. The summed E-state index contributed by atoms with van der Waals surface area (Å²) in [6.45, 7) is 6.91. The van der Waals surface area contributed by atoms with Crippen molar-refractivity contribution in [1.82, 2.24) is 4.90 Å². The minimum atomic E-state index is -2.81. The second-order valence-corrected chi connectivity index (χ2v) is 16.7. The smallest absolute Gasteiger partial charge is 0.345 e. The Kier molecular flexibility index (Phi) is 10.8. The minimum Gasteiger partial charge on any atom is -0.507 e.